The molecule has 2 heterocycles. The van der Waals surface area contributed by atoms with Gasteiger partial charge >= 0.3 is 0 Å². The third-order valence-corrected chi connectivity index (χ3v) is 4.91. The van der Waals surface area contributed by atoms with Gasteiger partial charge in [0.25, 0.3) is 5.56 Å². The lowest BCUT2D eigenvalue weighted by atomic mass is 10.0. The number of benzene rings is 1. The Bertz CT molecular complexity index is 897. The smallest absolute Gasteiger partial charge is 0.290 e. The van der Waals surface area contributed by atoms with Crippen LogP contribution in [0.25, 0.3) is 11.3 Å². The van der Waals surface area contributed by atoms with E-state index < -0.39 is 11.6 Å². The van der Waals surface area contributed by atoms with E-state index in [1.54, 1.807) is 6.92 Å². The number of piperazine rings is 1. The van der Waals surface area contributed by atoms with E-state index in [-0.39, 0.29) is 41.9 Å². The Kier molecular flexibility index (Phi) is 9.06. The highest BCUT2D eigenvalue weighted by atomic mass is 35.5. The van der Waals surface area contributed by atoms with E-state index in [0.717, 1.165) is 32.2 Å². The molecule has 0 amide bonds. The van der Waals surface area contributed by atoms with Crippen molar-refractivity contribution in [3.05, 3.63) is 45.8 Å². The molecule has 1 fully saturated rings. The van der Waals surface area contributed by atoms with Crippen LogP contribution < -0.4 is 10.5 Å². The monoisotopic (exact) mass is 448 g/mol. The molecule has 3 rings (SSSR count). The predicted octanol–water partition coefficient (Wildman–Crippen LogP) is 3.75. The second-order valence-corrected chi connectivity index (χ2v) is 7.62. The van der Waals surface area contributed by atoms with Crippen LogP contribution >= 0.6 is 24.8 Å². The number of hydrogen-bond donors (Lipinski definition) is 0. The molecule has 29 heavy (non-hydrogen) atoms. The summed E-state index contributed by atoms with van der Waals surface area (Å²) in [6.45, 7) is 9.39. The van der Waals surface area contributed by atoms with Crippen molar-refractivity contribution >= 4 is 30.5 Å². The molecule has 0 aliphatic carbocycles. The van der Waals surface area contributed by atoms with E-state index in [1.165, 1.54) is 16.8 Å². The summed E-state index contributed by atoms with van der Waals surface area (Å²) in [5.74, 6) is -1.10. The number of hydrogen-bond acceptors (Lipinski definition) is 4. The maximum absolute atomic E-state index is 14.4. The zero-order valence-electron chi connectivity index (χ0n) is 17.1. The highest BCUT2D eigenvalue weighted by Gasteiger charge is 2.24. The highest BCUT2D eigenvalue weighted by Crippen LogP contribution is 2.29. The van der Waals surface area contributed by atoms with Crippen LogP contribution in [0.2, 0.25) is 0 Å². The fourth-order valence-electron chi connectivity index (χ4n) is 3.45. The first kappa shape index (κ1) is 25.3. The standard InChI is InChI=1S/C20H26F2N4O.2ClH/c1-13(2)12-26-20(27)19(25-9-7-24(4)8-10-25)14(3)18(23-26)16-6-5-15(21)11-17(16)22;;/h5-6,11,13H,7-10,12H2,1-4H3;2*1H. The van der Waals surface area contributed by atoms with E-state index in [4.69, 9.17) is 0 Å². The number of likely N-dealkylation sites (N-methyl/N-ethyl adjacent to an activating group) is 1. The predicted molar refractivity (Wildman–Crippen MR) is 118 cm³/mol. The topological polar surface area (TPSA) is 41.4 Å². The molecule has 1 aromatic heterocycles. The van der Waals surface area contributed by atoms with Gasteiger partial charge in [0.2, 0.25) is 0 Å². The summed E-state index contributed by atoms with van der Waals surface area (Å²) in [5.41, 5.74) is 1.65. The summed E-state index contributed by atoms with van der Waals surface area (Å²) in [6, 6.07) is 3.45. The third kappa shape index (κ3) is 5.47. The van der Waals surface area contributed by atoms with Gasteiger partial charge in [-0.15, -0.1) is 24.8 Å². The molecule has 1 aliphatic rings. The Hall–Kier alpha value is -1.70. The Labute approximate surface area is 182 Å². The minimum atomic E-state index is -0.676. The molecule has 5 nitrogen and oxygen atoms in total. The maximum atomic E-state index is 14.4. The third-order valence-electron chi connectivity index (χ3n) is 4.91. The average molecular weight is 449 g/mol. The number of rotatable bonds is 4. The number of aromatic nitrogens is 2. The van der Waals surface area contributed by atoms with E-state index in [2.05, 4.69) is 14.9 Å². The van der Waals surface area contributed by atoms with Gasteiger partial charge in [-0.1, -0.05) is 13.8 Å². The second kappa shape index (κ2) is 10.4. The van der Waals surface area contributed by atoms with Crippen LogP contribution in [-0.2, 0) is 6.54 Å². The number of halogens is 4. The van der Waals surface area contributed by atoms with E-state index >= 15 is 0 Å². The van der Waals surface area contributed by atoms with E-state index in [1.807, 2.05) is 20.9 Å². The maximum Gasteiger partial charge on any atom is 0.290 e. The molecule has 1 saturated heterocycles. The molecule has 1 aromatic carbocycles. The lowest BCUT2D eigenvalue weighted by molar-refractivity contribution is 0.312. The number of anilines is 1. The average Bonchev–Trinajstić information content (AvgIpc) is 2.59. The van der Waals surface area contributed by atoms with Gasteiger partial charge < -0.3 is 9.80 Å². The van der Waals surface area contributed by atoms with Crippen molar-refractivity contribution in [3.8, 4) is 11.3 Å². The molecule has 1 aliphatic heterocycles. The largest absolute Gasteiger partial charge is 0.364 e. The molecule has 0 spiro atoms. The zero-order valence-corrected chi connectivity index (χ0v) is 18.7. The van der Waals surface area contributed by atoms with Gasteiger partial charge in [0.05, 0.1) is 5.69 Å². The van der Waals surface area contributed by atoms with Crippen LogP contribution in [0.5, 0.6) is 0 Å². The van der Waals surface area contributed by atoms with Crippen molar-refractivity contribution in [2.45, 2.75) is 27.3 Å². The van der Waals surface area contributed by atoms with Gasteiger partial charge in [-0.05, 0) is 32.0 Å². The van der Waals surface area contributed by atoms with E-state index in [9.17, 15) is 13.6 Å². The summed E-state index contributed by atoms with van der Waals surface area (Å²) in [6.07, 6.45) is 0. The lowest BCUT2D eigenvalue weighted by Gasteiger charge is -2.34. The van der Waals surface area contributed by atoms with Crippen LogP contribution in [0.1, 0.15) is 19.4 Å². The first-order chi connectivity index (χ1) is 12.8. The summed E-state index contributed by atoms with van der Waals surface area (Å²) in [7, 11) is 2.05. The summed E-state index contributed by atoms with van der Waals surface area (Å²) >= 11 is 0. The summed E-state index contributed by atoms with van der Waals surface area (Å²) < 4.78 is 29.2. The van der Waals surface area contributed by atoms with Gasteiger partial charge in [-0.2, -0.15) is 5.10 Å². The minimum absolute atomic E-state index is 0. The lowest BCUT2D eigenvalue weighted by Crippen LogP contribution is -2.47. The van der Waals surface area contributed by atoms with Crippen molar-refractivity contribution in [2.75, 3.05) is 38.1 Å². The second-order valence-electron chi connectivity index (χ2n) is 7.62. The van der Waals surface area contributed by atoms with Crippen molar-refractivity contribution in [2.24, 2.45) is 5.92 Å². The molecule has 2 aromatic rings. The van der Waals surface area contributed by atoms with Crippen LogP contribution in [0, 0.1) is 24.5 Å². The summed E-state index contributed by atoms with van der Waals surface area (Å²) in [4.78, 5) is 17.4. The minimum Gasteiger partial charge on any atom is -0.364 e. The molecule has 0 N–H and O–H groups in total. The summed E-state index contributed by atoms with van der Waals surface area (Å²) in [5, 5.41) is 4.45. The molecule has 162 valence electrons. The Balaban J connectivity index is 0.00000210. The van der Waals surface area contributed by atoms with Crippen molar-refractivity contribution in [3.63, 3.8) is 0 Å². The molecule has 0 bridgehead atoms. The molecule has 0 unspecified atom stereocenters. The van der Waals surface area contributed by atoms with Crippen LogP contribution in [0.4, 0.5) is 14.5 Å². The Morgan fingerprint density at radius 1 is 1.10 bits per heavy atom. The van der Waals surface area contributed by atoms with Crippen molar-refractivity contribution in [1.29, 1.82) is 0 Å². The molecule has 0 saturated carbocycles. The van der Waals surface area contributed by atoms with Crippen LogP contribution in [-0.4, -0.2) is 47.9 Å². The van der Waals surface area contributed by atoms with Crippen LogP contribution in [0.3, 0.4) is 0 Å². The quantitative estimate of drug-likeness (QED) is 0.713. The van der Waals surface area contributed by atoms with Gasteiger partial charge in [0.15, 0.2) is 0 Å². The first-order valence-corrected chi connectivity index (χ1v) is 9.28. The Morgan fingerprint density at radius 2 is 1.72 bits per heavy atom. The normalized spacial score (nSPS) is 14.5. The first-order valence-electron chi connectivity index (χ1n) is 9.28. The molecular formula is C20H28Cl2F2N4O. The Morgan fingerprint density at radius 3 is 2.28 bits per heavy atom. The highest BCUT2D eigenvalue weighted by molar-refractivity contribution is 5.85. The van der Waals surface area contributed by atoms with Crippen LogP contribution in [0.15, 0.2) is 23.0 Å². The zero-order chi connectivity index (χ0) is 19.7. The van der Waals surface area contributed by atoms with Gasteiger partial charge in [0.1, 0.15) is 17.3 Å². The fraction of sp³-hybridized carbons (Fsp3) is 0.500. The molecule has 9 heteroatoms. The van der Waals surface area contributed by atoms with Gasteiger partial charge in [-0.25, -0.2) is 13.5 Å². The van der Waals surface area contributed by atoms with Crippen molar-refractivity contribution in [1.82, 2.24) is 14.7 Å². The number of nitrogens with zero attached hydrogens (tertiary/aromatic N) is 4. The SMILES string of the molecule is Cc1c(-c2ccc(F)cc2F)nn(CC(C)C)c(=O)c1N1CCN(C)CC1.Cl.Cl. The van der Waals surface area contributed by atoms with E-state index in [0.29, 0.717) is 23.5 Å². The molecular weight excluding hydrogens is 421 g/mol. The van der Waals surface area contributed by atoms with Gasteiger partial charge in [-0.3, -0.25) is 4.79 Å². The molecule has 0 atom stereocenters. The van der Waals surface area contributed by atoms with Crippen molar-refractivity contribution < 1.29 is 8.78 Å². The van der Waals surface area contributed by atoms with Gasteiger partial charge in [0, 0.05) is 49.9 Å². The molecule has 0 radical (unpaired) electrons. The fourth-order valence-corrected chi connectivity index (χ4v) is 3.45.